The summed E-state index contributed by atoms with van der Waals surface area (Å²) in [5.41, 5.74) is 0.691. The fourth-order valence-electron chi connectivity index (χ4n) is 5.71. The van der Waals surface area contributed by atoms with E-state index in [4.69, 9.17) is 21.1 Å². The fraction of sp³-hybridized carbons (Fsp3) is 0.406. The number of carbonyl (C=O) groups excluding carboxylic acids is 1. The van der Waals surface area contributed by atoms with Gasteiger partial charge in [0.05, 0.1) is 17.7 Å². The van der Waals surface area contributed by atoms with E-state index in [1.54, 1.807) is 54.6 Å². The van der Waals surface area contributed by atoms with Gasteiger partial charge in [-0.2, -0.15) is 0 Å². The molecule has 0 bridgehead atoms. The Bertz CT molecular complexity index is 1470. The van der Waals surface area contributed by atoms with Crippen LogP contribution in [0.3, 0.4) is 0 Å². The molecule has 224 valence electrons. The van der Waals surface area contributed by atoms with Gasteiger partial charge in [-0.25, -0.2) is 8.42 Å². The number of amides is 1. The van der Waals surface area contributed by atoms with Crippen LogP contribution < -0.4 is 19.5 Å². The zero-order valence-electron chi connectivity index (χ0n) is 23.9. The van der Waals surface area contributed by atoms with Crippen LogP contribution in [0.4, 0.5) is 5.69 Å². The van der Waals surface area contributed by atoms with Crippen molar-refractivity contribution in [3.05, 3.63) is 77.3 Å². The van der Waals surface area contributed by atoms with Crippen LogP contribution in [0.25, 0.3) is 0 Å². The molecule has 0 aromatic heterocycles. The summed E-state index contributed by atoms with van der Waals surface area (Å²) in [6.07, 6.45) is 8.14. The number of anilines is 1. The molecule has 0 radical (unpaired) electrons. The molecule has 5 rings (SSSR count). The monoisotopic (exact) mass is 611 g/mol. The smallest absolute Gasteiger partial charge is 0.262 e. The first-order valence-corrected chi connectivity index (χ1v) is 16.4. The fourth-order valence-corrected chi connectivity index (χ4v) is 6.94. The zero-order valence-corrected chi connectivity index (χ0v) is 25.4. The Hall–Kier alpha value is -3.27. The molecule has 42 heavy (non-hydrogen) atoms. The SMILES string of the molecule is COc1cc(Cl)ccc1Oc1ccccc1NS(=O)(=O)c1ccc(C(=O)NC2CCC(CCN3CCCC3)CC2)cc1. The Kier molecular flexibility index (Phi) is 9.92. The van der Waals surface area contributed by atoms with Gasteiger partial charge in [-0.3, -0.25) is 9.52 Å². The molecule has 1 heterocycles. The highest BCUT2D eigenvalue weighted by Gasteiger charge is 2.24. The third-order valence-corrected chi connectivity index (χ3v) is 9.75. The van der Waals surface area contributed by atoms with E-state index < -0.39 is 10.0 Å². The van der Waals surface area contributed by atoms with Crippen LogP contribution in [0.2, 0.25) is 5.02 Å². The Labute approximate surface area is 253 Å². The van der Waals surface area contributed by atoms with E-state index in [2.05, 4.69) is 14.9 Å². The van der Waals surface area contributed by atoms with Crippen molar-refractivity contribution in [1.82, 2.24) is 10.2 Å². The molecule has 2 fully saturated rings. The minimum Gasteiger partial charge on any atom is -0.493 e. The predicted octanol–water partition coefficient (Wildman–Crippen LogP) is 6.72. The number of likely N-dealkylation sites (tertiary alicyclic amines) is 1. The van der Waals surface area contributed by atoms with E-state index in [0.29, 0.717) is 27.8 Å². The van der Waals surface area contributed by atoms with Crippen molar-refractivity contribution in [3.63, 3.8) is 0 Å². The standard InChI is InChI=1S/C32H38ClN3O5S/c1-40-31-22-25(33)12-17-30(31)41-29-7-3-2-6-28(29)35-42(38,39)27-15-10-24(11-16-27)32(37)34-26-13-8-23(9-14-26)18-21-36-19-4-5-20-36/h2-3,6-7,10-12,15-17,22-23,26,35H,4-5,8-9,13-14,18-21H2,1H3,(H,34,37). The van der Waals surface area contributed by atoms with Crippen LogP contribution in [0.15, 0.2) is 71.6 Å². The van der Waals surface area contributed by atoms with Crippen LogP contribution in [-0.2, 0) is 10.0 Å². The third-order valence-electron chi connectivity index (χ3n) is 8.14. The highest BCUT2D eigenvalue weighted by molar-refractivity contribution is 7.92. The average Bonchev–Trinajstić information content (AvgIpc) is 3.52. The number of carbonyl (C=O) groups is 1. The van der Waals surface area contributed by atoms with Crippen LogP contribution in [-0.4, -0.2) is 52.0 Å². The molecule has 1 aliphatic carbocycles. The van der Waals surface area contributed by atoms with Crippen molar-refractivity contribution in [2.75, 3.05) is 31.5 Å². The highest BCUT2D eigenvalue weighted by Crippen LogP contribution is 2.37. The molecule has 1 saturated carbocycles. The van der Waals surface area contributed by atoms with Gasteiger partial charge in [0.15, 0.2) is 17.2 Å². The van der Waals surface area contributed by atoms with Crippen LogP contribution in [0.5, 0.6) is 17.2 Å². The minimum atomic E-state index is -3.96. The van der Waals surface area contributed by atoms with E-state index in [0.717, 1.165) is 31.6 Å². The van der Waals surface area contributed by atoms with Gasteiger partial charge in [-0.1, -0.05) is 23.7 Å². The second-order valence-corrected chi connectivity index (χ2v) is 13.2. The lowest BCUT2D eigenvalue weighted by Gasteiger charge is -2.30. The zero-order chi connectivity index (χ0) is 29.5. The molecule has 0 atom stereocenters. The van der Waals surface area contributed by atoms with Crippen molar-refractivity contribution in [1.29, 1.82) is 0 Å². The van der Waals surface area contributed by atoms with Crippen molar-refractivity contribution < 1.29 is 22.7 Å². The number of para-hydroxylation sites is 2. The summed E-state index contributed by atoms with van der Waals surface area (Å²) in [5, 5.41) is 3.63. The molecule has 1 aliphatic heterocycles. The molecule has 10 heteroatoms. The van der Waals surface area contributed by atoms with E-state index in [1.807, 2.05) is 0 Å². The van der Waals surface area contributed by atoms with Gasteiger partial charge in [0.25, 0.3) is 15.9 Å². The maximum absolute atomic E-state index is 13.2. The number of nitrogens with one attached hydrogen (secondary N) is 2. The van der Waals surface area contributed by atoms with E-state index in [-0.39, 0.29) is 22.5 Å². The second kappa shape index (κ2) is 13.8. The summed E-state index contributed by atoms with van der Waals surface area (Å²) in [5.74, 6) is 1.66. The first-order chi connectivity index (χ1) is 20.3. The van der Waals surface area contributed by atoms with Gasteiger partial charge in [-0.05, 0) is 119 Å². The molecule has 0 spiro atoms. The van der Waals surface area contributed by atoms with Crippen LogP contribution >= 0.6 is 11.6 Å². The maximum atomic E-state index is 13.2. The van der Waals surface area contributed by atoms with Gasteiger partial charge in [0, 0.05) is 22.7 Å². The van der Waals surface area contributed by atoms with Gasteiger partial charge in [-0.15, -0.1) is 0 Å². The number of halogens is 1. The highest BCUT2D eigenvalue weighted by atomic mass is 35.5. The predicted molar refractivity (Wildman–Crippen MR) is 165 cm³/mol. The van der Waals surface area contributed by atoms with Crippen molar-refractivity contribution >= 4 is 33.2 Å². The first kappa shape index (κ1) is 30.2. The van der Waals surface area contributed by atoms with E-state index in [9.17, 15) is 13.2 Å². The molecule has 8 nitrogen and oxygen atoms in total. The number of ether oxygens (including phenoxy) is 2. The molecule has 2 N–H and O–H groups in total. The largest absolute Gasteiger partial charge is 0.493 e. The third kappa shape index (κ3) is 7.76. The average molecular weight is 612 g/mol. The Morgan fingerprint density at radius 1 is 0.929 bits per heavy atom. The summed E-state index contributed by atoms with van der Waals surface area (Å²) in [6.45, 7) is 3.67. The Balaban J connectivity index is 1.16. The summed E-state index contributed by atoms with van der Waals surface area (Å²) < 4.78 is 40.4. The van der Waals surface area contributed by atoms with Crippen molar-refractivity contribution in [2.45, 2.75) is 55.9 Å². The number of methoxy groups -OCH3 is 1. The van der Waals surface area contributed by atoms with Gasteiger partial charge >= 0.3 is 0 Å². The number of hydrogen-bond donors (Lipinski definition) is 2. The lowest BCUT2D eigenvalue weighted by Crippen LogP contribution is -2.38. The summed E-state index contributed by atoms with van der Waals surface area (Å²) >= 11 is 6.05. The molecule has 3 aromatic rings. The van der Waals surface area contributed by atoms with E-state index >= 15 is 0 Å². The van der Waals surface area contributed by atoms with Gasteiger partial charge in [0.2, 0.25) is 0 Å². The lowest BCUT2D eigenvalue weighted by atomic mass is 9.84. The summed E-state index contributed by atoms with van der Waals surface area (Å²) in [7, 11) is -2.46. The van der Waals surface area contributed by atoms with Gasteiger partial charge < -0.3 is 19.7 Å². The Morgan fingerprint density at radius 3 is 2.36 bits per heavy atom. The molecule has 1 saturated heterocycles. The number of nitrogens with zero attached hydrogens (tertiary/aromatic N) is 1. The molecular formula is C32H38ClN3O5S. The number of benzene rings is 3. The number of hydrogen-bond acceptors (Lipinski definition) is 6. The molecular weight excluding hydrogens is 574 g/mol. The molecule has 1 amide bonds. The quantitative estimate of drug-likeness (QED) is 0.250. The lowest BCUT2D eigenvalue weighted by molar-refractivity contribution is 0.0920. The number of sulfonamides is 1. The van der Waals surface area contributed by atoms with Crippen LogP contribution in [0.1, 0.15) is 55.3 Å². The van der Waals surface area contributed by atoms with Crippen LogP contribution in [0, 0.1) is 5.92 Å². The topological polar surface area (TPSA) is 97.0 Å². The Morgan fingerprint density at radius 2 is 1.64 bits per heavy atom. The van der Waals surface area contributed by atoms with Crippen molar-refractivity contribution in [3.8, 4) is 17.2 Å². The molecule has 2 aliphatic rings. The molecule has 0 unspecified atom stereocenters. The number of rotatable bonds is 11. The van der Waals surface area contributed by atoms with Gasteiger partial charge in [0.1, 0.15) is 0 Å². The molecule has 3 aromatic carbocycles. The first-order valence-electron chi connectivity index (χ1n) is 14.6. The second-order valence-electron chi connectivity index (χ2n) is 11.1. The summed E-state index contributed by atoms with van der Waals surface area (Å²) in [6, 6.07) is 17.8. The van der Waals surface area contributed by atoms with Crippen molar-refractivity contribution in [2.24, 2.45) is 5.92 Å². The summed E-state index contributed by atoms with van der Waals surface area (Å²) in [4.78, 5) is 15.5. The maximum Gasteiger partial charge on any atom is 0.262 e. The van der Waals surface area contributed by atoms with E-state index in [1.165, 1.54) is 58.1 Å². The minimum absolute atomic E-state index is 0.0384. The normalized spacial score (nSPS) is 19.3.